The van der Waals surface area contributed by atoms with E-state index in [0.717, 1.165) is 30.8 Å². The van der Waals surface area contributed by atoms with E-state index in [4.69, 9.17) is 0 Å². The highest BCUT2D eigenvalue weighted by Crippen LogP contribution is 2.34. The Morgan fingerprint density at radius 2 is 1.71 bits per heavy atom. The van der Waals surface area contributed by atoms with Gasteiger partial charge in [0.1, 0.15) is 0 Å². The molecule has 0 spiro atoms. The third-order valence-corrected chi connectivity index (χ3v) is 5.45. The Bertz CT molecular complexity index is 418. The van der Waals surface area contributed by atoms with Crippen LogP contribution in [0.2, 0.25) is 0 Å². The highest BCUT2D eigenvalue weighted by molar-refractivity contribution is 7.11. The van der Waals surface area contributed by atoms with Gasteiger partial charge in [-0.05, 0) is 62.1 Å². The van der Waals surface area contributed by atoms with Gasteiger partial charge in [-0.2, -0.15) is 0 Å². The summed E-state index contributed by atoms with van der Waals surface area (Å²) in [5.41, 5.74) is 0. The van der Waals surface area contributed by atoms with Crippen molar-refractivity contribution in [2.75, 3.05) is 19.6 Å². The molecule has 1 N–H and O–H groups in total. The van der Waals surface area contributed by atoms with Crippen molar-refractivity contribution in [1.82, 2.24) is 10.2 Å². The van der Waals surface area contributed by atoms with Gasteiger partial charge in [0, 0.05) is 35.9 Å². The van der Waals surface area contributed by atoms with E-state index >= 15 is 0 Å². The van der Waals surface area contributed by atoms with Crippen molar-refractivity contribution in [2.45, 2.75) is 52.6 Å². The van der Waals surface area contributed by atoms with Crippen LogP contribution in [0.3, 0.4) is 0 Å². The van der Waals surface area contributed by atoms with E-state index in [1.54, 1.807) is 4.88 Å². The van der Waals surface area contributed by atoms with E-state index in [2.05, 4.69) is 36.2 Å². The molecule has 2 aliphatic rings. The van der Waals surface area contributed by atoms with Crippen molar-refractivity contribution in [3.05, 3.63) is 21.9 Å². The maximum absolute atomic E-state index is 3.55. The first-order valence-electron chi connectivity index (χ1n) is 8.69. The molecule has 0 atom stereocenters. The van der Waals surface area contributed by atoms with Crippen LogP contribution >= 0.6 is 11.3 Å². The SMILES string of the molecule is CC(C)CNCc1ccc(CN(CC2CC2)CC2CC2)s1. The Morgan fingerprint density at radius 3 is 2.29 bits per heavy atom. The second-order valence-electron chi connectivity index (χ2n) is 7.47. The van der Waals surface area contributed by atoms with E-state index in [1.807, 2.05) is 11.3 Å². The molecule has 1 aromatic rings. The predicted octanol–water partition coefficient (Wildman–Crippen LogP) is 4.12. The number of hydrogen-bond donors (Lipinski definition) is 1. The molecule has 0 saturated heterocycles. The summed E-state index contributed by atoms with van der Waals surface area (Å²) in [5, 5.41) is 3.55. The third-order valence-electron chi connectivity index (χ3n) is 4.38. The molecule has 2 aliphatic carbocycles. The molecule has 0 bridgehead atoms. The predicted molar refractivity (Wildman–Crippen MR) is 91.6 cm³/mol. The molecule has 3 heteroatoms. The fraction of sp³-hybridized carbons (Fsp3) is 0.778. The van der Waals surface area contributed by atoms with Gasteiger partial charge in [-0.1, -0.05) is 13.8 Å². The van der Waals surface area contributed by atoms with Crippen LogP contribution in [0.4, 0.5) is 0 Å². The van der Waals surface area contributed by atoms with Crippen LogP contribution in [0.5, 0.6) is 0 Å². The Hall–Kier alpha value is -0.380. The minimum Gasteiger partial charge on any atom is -0.312 e. The van der Waals surface area contributed by atoms with Crippen LogP contribution in [0.15, 0.2) is 12.1 Å². The topological polar surface area (TPSA) is 15.3 Å². The maximum atomic E-state index is 3.55. The van der Waals surface area contributed by atoms with Gasteiger partial charge >= 0.3 is 0 Å². The van der Waals surface area contributed by atoms with Crippen LogP contribution in [0.25, 0.3) is 0 Å². The first kappa shape index (κ1) is 15.5. The molecule has 1 aromatic heterocycles. The van der Waals surface area contributed by atoms with Crippen molar-refractivity contribution in [3.8, 4) is 0 Å². The van der Waals surface area contributed by atoms with Gasteiger partial charge in [0.25, 0.3) is 0 Å². The zero-order valence-electron chi connectivity index (χ0n) is 13.6. The fourth-order valence-electron chi connectivity index (χ4n) is 2.84. The number of nitrogens with one attached hydrogen (secondary N) is 1. The molecule has 1 heterocycles. The Balaban J connectivity index is 1.46. The van der Waals surface area contributed by atoms with Gasteiger partial charge in [-0.25, -0.2) is 0 Å². The molecular weight excluding hydrogens is 276 g/mol. The summed E-state index contributed by atoms with van der Waals surface area (Å²) in [6, 6.07) is 4.67. The van der Waals surface area contributed by atoms with E-state index in [9.17, 15) is 0 Å². The van der Waals surface area contributed by atoms with Crippen LogP contribution in [0.1, 0.15) is 49.3 Å². The van der Waals surface area contributed by atoms with Crippen molar-refractivity contribution in [1.29, 1.82) is 0 Å². The summed E-state index contributed by atoms with van der Waals surface area (Å²) in [6.07, 6.45) is 5.87. The smallest absolute Gasteiger partial charge is 0.0328 e. The Morgan fingerprint density at radius 1 is 1.10 bits per heavy atom. The average Bonchev–Trinajstić information content (AvgIpc) is 3.33. The molecule has 21 heavy (non-hydrogen) atoms. The van der Waals surface area contributed by atoms with Crippen molar-refractivity contribution in [2.24, 2.45) is 17.8 Å². The van der Waals surface area contributed by atoms with Gasteiger partial charge in [0.05, 0.1) is 0 Å². The van der Waals surface area contributed by atoms with E-state index < -0.39 is 0 Å². The van der Waals surface area contributed by atoms with Gasteiger partial charge in [-0.15, -0.1) is 11.3 Å². The molecule has 2 saturated carbocycles. The molecule has 0 aromatic carbocycles. The van der Waals surface area contributed by atoms with Gasteiger partial charge in [-0.3, -0.25) is 4.90 Å². The first-order valence-corrected chi connectivity index (χ1v) is 9.51. The minimum atomic E-state index is 0.733. The monoisotopic (exact) mass is 306 g/mol. The molecule has 0 aliphatic heterocycles. The van der Waals surface area contributed by atoms with Crippen LogP contribution < -0.4 is 5.32 Å². The quantitative estimate of drug-likeness (QED) is 0.699. The summed E-state index contributed by atoms with van der Waals surface area (Å²) in [4.78, 5) is 5.77. The maximum Gasteiger partial charge on any atom is 0.0328 e. The highest BCUT2D eigenvalue weighted by Gasteiger charge is 2.29. The number of rotatable bonds is 10. The van der Waals surface area contributed by atoms with Gasteiger partial charge in [0.2, 0.25) is 0 Å². The number of nitrogens with zero attached hydrogens (tertiary/aromatic N) is 1. The standard InChI is InChI=1S/C18H30N2S/c1-14(2)9-19-10-17-7-8-18(21-17)13-20(11-15-3-4-15)12-16-5-6-16/h7-8,14-16,19H,3-6,9-13H2,1-2H3. The Kier molecular flexibility index (Phi) is 5.36. The molecule has 2 nitrogen and oxygen atoms in total. The third kappa shape index (κ3) is 5.72. The van der Waals surface area contributed by atoms with Crippen LogP contribution in [-0.2, 0) is 13.1 Å². The first-order chi connectivity index (χ1) is 10.2. The second-order valence-corrected chi connectivity index (χ2v) is 8.73. The Labute approximate surface area is 133 Å². The van der Waals surface area contributed by atoms with Crippen LogP contribution in [-0.4, -0.2) is 24.5 Å². The lowest BCUT2D eigenvalue weighted by Gasteiger charge is -2.21. The van der Waals surface area contributed by atoms with Crippen molar-refractivity contribution in [3.63, 3.8) is 0 Å². The molecule has 0 amide bonds. The lowest BCUT2D eigenvalue weighted by Crippen LogP contribution is -2.27. The van der Waals surface area contributed by atoms with Gasteiger partial charge in [0.15, 0.2) is 0 Å². The largest absolute Gasteiger partial charge is 0.312 e. The normalized spacial score (nSPS) is 18.9. The average molecular weight is 307 g/mol. The highest BCUT2D eigenvalue weighted by atomic mass is 32.1. The number of hydrogen-bond acceptors (Lipinski definition) is 3. The summed E-state index contributed by atoms with van der Waals surface area (Å²) < 4.78 is 0. The zero-order chi connectivity index (χ0) is 14.7. The zero-order valence-corrected chi connectivity index (χ0v) is 14.4. The molecular formula is C18H30N2S. The van der Waals surface area contributed by atoms with E-state index in [1.165, 1.54) is 50.2 Å². The number of thiophene rings is 1. The summed E-state index contributed by atoms with van der Waals surface area (Å²) in [5.74, 6) is 2.75. The molecule has 3 rings (SSSR count). The fourth-order valence-corrected chi connectivity index (χ4v) is 3.87. The summed E-state index contributed by atoms with van der Waals surface area (Å²) in [7, 11) is 0. The van der Waals surface area contributed by atoms with Crippen molar-refractivity contribution < 1.29 is 0 Å². The molecule has 0 unspecified atom stereocenters. The lowest BCUT2D eigenvalue weighted by atomic mass is 10.2. The van der Waals surface area contributed by atoms with Crippen molar-refractivity contribution >= 4 is 11.3 Å². The van der Waals surface area contributed by atoms with E-state index in [0.29, 0.717) is 0 Å². The molecule has 2 fully saturated rings. The van der Waals surface area contributed by atoms with E-state index in [-0.39, 0.29) is 0 Å². The second kappa shape index (κ2) is 7.26. The molecule has 118 valence electrons. The van der Waals surface area contributed by atoms with Gasteiger partial charge < -0.3 is 5.32 Å². The lowest BCUT2D eigenvalue weighted by molar-refractivity contribution is 0.246. The summed E-state index contributed by atoms with van der Waals surface area (Å²) >= 11 is 2.00. The minimum absolute atomic E-state index is 0.733. The summed E-state index contributed by atoms with van der Waals surface area (Å²) in [6.45, 7) is 10.5. The van der Waals surface area contributed by atoms with Crippen LogP contribution in [0, 0.1) is 17.8 Å². The molecule has 0 radical (unpaired) electrons.